The predicted octanol–water partition coefficient (Wildman–Crippen LogP) is 1.56. The normalized spacial score (nSPS) is 16.4. The zero-order valence-electron chi connectivity index (χ0n) is 10.6. The summed E-state index contributed by atoms with van der Waals surface area (Å²) in [5.74, 6) is -0.954. The molecule has 1 aliphatic rings. The lowest BCUT2D eigenvalue weighted by molar-refractivity contribution is -0.113. The van der Waals surface area contributed by atoms with Gasteiger partial charge in [0, 0.05) is 11.4 Å². The number of hydrogen-bond acceptors (Lipinski definition) is 4. The van der Waals surface area contributed by atoms with Crippen LogP contribution in [0, 0.1) is 0 Å². The number of nitrogens with one attached hydrogen (secondary N) is 1. The van der Waals surface area contributed by atoms with E-state index in [-0.39, 0.29) is 5.25 Å². The van der Waals surface area contributed by atoms with Gasteiger partial charge in [0.25, 0.3) is 0 Å². The molecule has 2 rings (SSSR count). The highest BCUT2D eigenvalue weighted by Gasteiger charge is 2.30. The minimum absolute atomic E-state index is 0.348. The van der Waals surface area contributed by atoms with Crippen LogP contribution in [0.2, 0.25) is 0 Å². The minimum atomic E-state index is -3.33. The van der Waals surface area contributed by atoms with Gasteiger partial charge < -0.3 is 11.1 Å². The lowest BCUT2D eigenvalue weighted by Gasteiger charge is -2.11. The second-order valence-electron chi connectivity index (χ2n) is 4.89. The van der Waals surface area contributed by atoms with E-state index >= 15 is 0 Å². The third-order valence-corrected chi connectivity index (χ3v) is 5.46. The Morgan fingerprint density at radius 3 is 2.63 bits per heavy atom. The Hall–Kier alpha value is -1.56. The molecule has 3 N–H and O–H groups in total. The second kappa shape index (κ2) is 5.61. The molecule has 6 heteroatoms. The molecule has 1 aromatic carbocycles. The zero-order valence-corrected chi connectivity index (χ0v) is 11.4. The lowest BCUT2D eigenvalue weighted by Crippen LogP contribution is -2.29. The van der Waals surface area contributed by atoms with E-state index < -0.39 is 21.5 Å². The molecule has 0 unspecified atom stereocenters. The zero-order chi connectivity index (χ0) is 13.9. The number of amides is 1. The van der Waals surface area contributed by atoms with Gasteiger partial charge in [0.05, 0.1) is 5.25 Å². The van der Waals surface area contributed by atoms with Gasteiger partial charge >= 0.3 is 0 Å². The van der Waals surface area contributed by atoms with Crippen LogP contribution in [0.4, 0.5) is 11.4 Å². The van der Waals surface area contributed by atoms with E-state index in [2.05, 4.69) is 5.32 Å². The first kappa shape index (κ1) is 13.9. The van der Waals surface area contributed by atoms with Crippen LogP contribution in [-0.2, 0) is 14.6 Å². The Morgan fingerprint density at radius 1 is 1.32 bits per heavy atom. The van der Waals surface area contributed by atoms with Crippen LogP contribution in [0.25, 0.3) is 0 Å². The third-order valence-electron chi connectivity index (χ3n) is 3.31. The highest BCUT2D eigenvalue weighted by Crippen LogP contribution is 2.25. The number of hydrogen-bond donors (Lipinski definition) is 2. The molecule has 0 saturated heterocycles. The Labute approximate surface area is 113 Å². The first-order valence-corrected chi connectivity index (χ1v) is 8.06. The van der Waals surface area contributed by atoms with Crippen LogP contribution >= 0.6 is 0 Å². The molecule has 1 amide bonds. The molecule has 0 bridgehead atoms. The van der Waals surface area contributed by atoms with E-state index in [1.54, 1.807) is 24.3 Å². The van der Waals surface area contributed by atoms with E-state index in [9.17, 15) is 13.2 Å². The molecule has 0 aliphatic heterocycles. The SMILES string of the molecule is Nc1cccc(NC(=O)CS(=O)(=O)C2CCCC2)c1. The average molecular weight is 282 g/mol. The summed E-state index contributed by atoms with van der Waals surface area (Å²) < 4.78 is 24.0. The number of rotatable bonds is 4. The maximum absolute atomic E-state index is 12.0. The van der Waals surface area contributed by atoms with E-state index in [0.717, 1.165) is 12.8 Å². The summed E-state index contributed by atoms with van der Waals surface area (Å²) in [4.78, 5) is 11.8. The summed E-state index contributed by atoms with van der Waals surface area (Å²) in [5, 5.41) is 2.22. The van der Waals surface area contributed by atoms with E-state index in [4.69, 9.17) is 5.73 Å². The van der Waals surface area contributed by atoms with Crippen LogP contribution in [0.3, 0.4) is 0 Å². The third kappa shape index (κ3) is 3.70. The van der Waals surface area contributed by atoms with Gasteiger partial charge in [0.1, 0.15) is 5.75 Å². The van der Waals surface area contributed by atoms with Crippen molar-refractivity contribution in [3.05, 3.63) is 24.3 Å². The van der Waals surface area contributed by atoms with Crippen molar-refractivity contribution < 1.29 is 13.2 Å². The number of nitrogens with two attached hydrogens (primary N) is 1. The fourth-order valence-corrected chi connectivity index (χ4v) is 4.09. The molecule has 0 radical (unpaired) electrons. The molecule has 1 aliphatic carbocycles. The Morgan fingerprint density at radius 2 is 2.00 bits per heavy atom. The van der Waals surface area contributed by atoms with Gasteiger partial charge in [0.15, 0.2) is 9.84 Å². The first-order chi connectivity index (χ1) is 8.97. The van der Waals surface area contributed by atoms with Crippen LogP contribution < -0.4 is 11.1 Å². The van der Waals surface area contributed by atoms with Crippen molar-refractivity contribution in [2.75, 3.05) is 16.8 Å². The van der Waals surface area contributed by atoms with E-state index in [1.807, 2.05) is 0 Å². The standard InChI is InChI=1S/C13H18N2O3S/c14-10-4-3-5-11(8-10)15-13(16)9-19(17,18)12-6-1-2-7-12/h3-5,8,12H,1-2,6-7,9,14H2,(H,15,16). The first-order valence-electron chi connectivity index (χ1n) is 6.34. The number of anilines is 2. The van der Waals surface area contributed by atoms with Gasteiger partial charge in [-0.3, -0.25) is 4.79 Å². The number of nitrogen functional groups attached to an aromatic ring is 1. The Bertz CT molecular complexity index is 563. The van der Waals surface area contributed by atoms with Crippen LogP contribution in [0.15, 0.2) is 24.3 Å². The highest BCUT2D eigenvalue weighted by atomic mass is 32.2. The monoisotopic (exact) mass is 282 g/mol. The van der Waals surface area contributed by atoms with Crippen molar-refractivity contribution in [1.29, 1.82) is 0 Å². The fourth-order valence-electron chi connectivity index (χ4n) is 2.36. The molecule has 19 heavy (non-hydrogen) atoms. The largest absolute Gasteiger partial charge is 0.399 e. The average Bonchev–Trinajstić information content (AvgIpc) is 2.81. The van der Waals surface area contributed by atoms with Crippen molar-refractivity contribution in [1.82, 2.24) is 0 Å². The van der Waals surface area contributed by atoms with Crippen molar-refractivity contribution >= 4 is 27.1 Å². The van der Waals surface area contributed by atoms with Crippen molar-refractivity contribution in [2.24, 2.45) is 0 Å². The Kier molecular flexibility index (Phi) is 4.09. The van der Waals surface area contributed by atoms with Gasteiger partial charge in [-0.05, 0) is 31.0 Å². The highest BCUT2D eigenvalue weighted by molar-refractivity contribution is 7.92. The summed E-state index contributed by atoms with van der Waals surface area (Å²) in [6.07, 6.45) is 3.21. The molecule has 0 atom stereocenters. The predicted molar refractivity (Wildman–Crippen MR) is 75.5 cm³/mol. The molecule has 5 nitrogen and oxygen atoms in total. The molecule has 104 valence electrons. The van der Waals surface area contributed by atoms with E-state index in [0.29, 0.717) is 24.2 Å². The molecule has 1 saturated carbocycles. The van der Waals surface area contributed by atoms with Gasteiger partial charge in [0.2, 0.25) is 5.91 Å². The molecule has 0 spiro atoms. The van der Waals surface area contributed by atoms with Gasteiger partial charge in [-0.25, -0.2) is 8.42 Å². The summed E-state index contributed by atoms with van der Waals surface area (Å²) in [6.45, 7) is 0. The quantitative estimate of drug-likeness (QED) is 0.820. The number of benzene rings is 1. The van der Waals surface area contributed by atoms with Crippen LogP contribution in [0.1, 0.15) is 25.7 Å². The molecule has 0 heterocycles. The van der Waals surface area contributed by atoms with Gasteiger partial charge in [-0.15, -0.1) is 0 Å². The van der Waals surface area contributed by atoms with Gasteiger partial charge in [-0.2, -0.15) is 0 Å². The number of carbonyl (C=O) groups excluding carboxylic acids is 1. The minimum Gasteiger partial charge on any atom is -0.399 e. The topological polar surface area (TPSA) is 89.3 Å². The van der Waals surface area contributed by atoms with Crippen LogP contribution in [0.5, 0.6) is 0 Å². The maximum atomic E-state index is 12.0. The van der Waals surface area contributed by atoms with E-state index in [1.165, 1.54) is 0 Å². The van der Waals surface area contributed by atoms with Crippen molar-refractivity contribution in [3.63, 3.8) is 0 Å². The summed E-state index contributed by atoms with van der Waals surface area (Å²) in [5.41, 5.74) is 6.64. The van der Waals surface area contributed by atoms with Gasteiger partial charge in [-0.1, -0.05) is 18.9 Å². The summed E-state index contributed by atoms with van der Waals surface area (Å²) >= 11 is 0. The van der Waals surface area contributed by atoms with Crippen LogP contribution in [-0.4, -0.2) is 25.3 Å². The summed E-state index contributed by atoms with van der Waals surface area (Å²) in [6, 6.07) is 6.68. The molecular weight excluding hydrogens is 264 g/mol. The van der Waals surface area contributed by atoms with Crippen molar-refractivity contribution in [2.45, 2.75) is 30.9 Å². The molecule has 0 aromatic heterocycles. The fraction of sp³-hybridized carbons (Fsp3) is 0.462. The Balaban J connectivity index is 1.97. The maximum Gasteiger partial charge on any atom is 0.239 e. The number of sulfone groups is 1. The molecule has 1 fully saturated rings. The van der Waals surface area contributed by atoms with Crippen molar-refractivity contribution in [3.8, 4) is 0 Å². The lowest BCUT2D eigenvalue weighted by atomic mass is 10.3. The molecular formula is C13H18N2O3S. The second-order valence-corrected chi connectivity index (χ2v) is 7.17. The summed E-state index contributed by atoms with van der Waals surface area (Å²) in [7, 11) is -3.33. The smallest absolute Gasteiger partial charge is 0.239 e. The number of carbonyl (C=O) groups is 1. The molecule has 1 aromatic rings.